The maximum Gasteiger partial charge on any atom is 0.326 e. The first-order valence-corrected chi connectivity index (χ1v) is 5.50. The van der Waals surface area contributed by atoms with E-state index < -0.39 is 18.2 Å². The highest BCUT2D eigenvalue weighted by Gasteiger charge is 2.35. The smallest absolute Gasteiger partial charge is 0.326 e. The molecule has 2 rings (SSSR count). The molecule has 96 valence electrons. The molecule has 5 nitrogen and oxygen atoms in total. The Morgan fingerprint density at radius 2 is 2.22 bits per heavy atom. The molecule has 6 heteroatoms. The second-order valence-corrected chi connectivity index (χ2v) is 3.63. The molecule has 1 unspecified atom stereocenters. The first-order chi connectivity index (χ1) is 8.63. The number of amides is 1. The molecule has 1 aromatic rings. The van der Waals surface area contributed by atoms with Crippen molar-refractivity contribution in [1.29, 1.82) is 0 Å². The highest BCUT2D eigenvalue weighted by Crippen LogP contribution is 2.33. The Balaban J connectivity index is 2.27. The monoisotopic (exact) mass is 253 g/mol. The number of fused-ring (bicyclic) bond motifs is 1. The van der Waals surface area contributed by atoms with Crippen LogP contribution in [0.3, 0.4) is 0 Å². The summed E-state index contributed by atoms with van der Waals surface area (Å²) in [7, 11) is 0. The number of ether oxygens (including phenoxy) is 2. The third-order valence-corrected chi connectivity index (χ3v) is 2.44. The molecule has 1 heterocycles. The highest BCUT2D eigenvalue weighted by atomic mass is 19.1. The topological polar surface area (TPSA) is 55.8 Å². The first kappa shape index (κ1) is 12.3. The third-order valence-electron chi connectivity index (χ3n) is 2.44. The Morgan fingerprint density at radius 3 is 2.94 bits per heavy atom. The zero-order chi connectivity index (χ0) is 13.1. The van der Waals surface area contributed by atoms with Gasteiger partial charge in [0.05, 0.1) is 12.3 Å². The van der Waals surface area contributed by atoms with E-state index in [-0.39, 0.29) is 18.9 Å². The van der Waals surface area contributed by atoms with E-state index in [1.54, 1.807) is 25.1 Å². The van der Waals surface area contributed by atoms with Crippen molar-refractivity contribution >= 4 is 17.6 Å². The lowest BCUT2D eigenvalue weighted by Crippen LogP contribution is -2.46. The maximum atomic E-state index is 13.4. The summed E-state index contributed by atoms with van der Waals surface area (Å²) >= 11 is 0. The quantitative estimate of drug-likeness (QED) is 0.761. The van der Waals surface area contributed by atoms with Crippen LogP contribution in [0, 0.1) is 0 Å². The molecule has 1 amide bonds. The summed E-state index contributed by atoms with van der Waals surface area (Å²) in [6, 6.07) is 6.45. The van der Waals surface area contributed by atoms with Crippen molar-refractivity contribution in [3.8, 4) is 5.75 Å². The van der Waals surface area contributed by atoms with Crippen molar-refractivity contribution < 1.29 is 23.5 Å². The largest absolute Gasteiger partial charge is 0.465 e. The van der Waals surface area contributed by atoms with Gasteiger partial charge in [0.15, 0.2) is 0 Å². The van der Waals surface area contributed by atoms with Crippen LogP contribution in [0.15, 0.2) is 24.3 Å². The minimum Gasteiger partial charge on any atom is -0.465 e. The standard InChI is InChI=1S/C12H12FNO4/c1-2-17-10(15)7-14-8-5-3-4-6-9(8)18-11(13)12(14)16/h3-6,11H,2,7H2,1H3. The van der Waals surface area contributed by atoms with Crippen molar-refractivity contribution in [3.05, 3.63) is 24.3 Å². The Bertz CT molecular complexity index is 477. The minimum atomic E-state index is -2.09. The van der Waals surface area contributed by atoms with E-state index in [2.05, 4.69) is 0 Å². The number of hydrogen-bond acceptors (Lipinski definition) is 4. The lowest BCUT2D eigenvalue weighted by molar-refractivity contribution is -0.144. The predicted molar refractivity (Wildman–Crippen MR) is 61.0 cm³/mol. The van der Waals surface area contributed by atoms with E-state index in [1.807, 2.05) is 0 Å². The lowest BCUT2D eigenvalue weighted by atomic mass is 10.2. The highest BCUT2D eigenvalue weighted by molar-refractivity contribution is 6.02. The van der Waals surface area contributed by atoms with Gasteiger partial charge in [-0.25, -0.2) is 0 Å². The molecular formula is C12H12FNO4. The number of para-hydroxylation sites is 2. The van der Waals surface area contributed by atoms with Gasteiger partial charge in [0, 0.05) is 0 Å². The fraction of sp³-hybridized carbons (Fsp3) is 0.333. The average molecular weight is 253 g/mol. The van der Waals surface area contributed by atoms with Gasteiger partial charge in [-0.05, 0) is 19.1 Å². The molecule has 0 saturated carbocycles. The molecule has 0 fully saturated rings. The van der Waals surface area contributed by atoms with E-state index in [0.29, 0.717) is 5.69 Å². The Hall–Kier alpha value is -2.11. The molecule has 0 saturated heterocycles. The summed E-state index contributed by atoms with van der Waals surface area (Å²) in [5.41, 5.74) is 0.365. The van der Waals surface area contributed by atoms with Crippen LogP contribution >= 0.6 is 0 Å². The van der Waals surface area contributed by atoms with Crippen LogP contribution in [0.2, 0.25) is 0 Å². The average Bonchev–Trinajstić information content (AvgIpc) is 2.35. The van der Waals surface area contributed by atoms with Crippen LogP contribution in [0.1, 0.15) is 6.92 Å². The second-order valence-electron chi connectivity index (χ2n) is 3.63. The summed E-state index contributed by atoms with van der Waals surface area (Å²) in [6.07, 6.45) is -2.09. The van der Waals surface area contributed by atoms with Gasteiger partial charge in [-0.1, -0.05) is 12.1 Å². The van der Waals surface area contributed by atoms with Crippen LogP contribution in [0.25, 0.3) is 0 Å². The van der Waals surface area contributed by atoms with Crippen molar-refractivity contribution in [2.24, 2.45) is 0 Å². The Kier molecular flexibility index (Phi) is 3.45. The molecule has 0 aromatic heterocycles. The Labute approximate surface area is 103 Å². The number of carbonyl (C=O) groups is 2. The van der Waals surface area contributed by atoms with Crippen LogP contribution in [0.4, 0.5) is 10.1 Å². The summed E-state index contributed by atoms with van der Waals surface area (Å²) in [6.45, 7) is 1.54. The lowest BCUT2D eigenvalue weighted by Gasteiger charge is -2.30. The van der Waals surface area contributed by atoms with Gasteiger partial charge in [-0.15, -0.1) is 0 Å². The summed E-state index contributed by atoms with van der Waals surface area (Å²) in [4.78, 5) is 24.1. The predicted octanol–water partition coefficient (Wildman–Crippen LogP) is 1.27. The first-order valence-electron chi connectivity index (χ1n) is 5.50. The number of anilines is 1. The van der Waals surface area contributed by atoms with Crippen LogP contribution in [0.5, 0.6) is 5.75 Å². The molecule has 0 bridgehead atoms. The van der Waals surface area contributed by atoms with E-state index in [0.717, 1.165) is 4.90 Å². The molecular weight excluding hydrogens is 241 g/mol. The van der Waals surface area contributed by atoms with E-state index in [1.165, 1.54) is 6.07 Å². The summed E-state index contributed by atoms with van der Waals surface area (Å²) < 4.78 is 22.9. The number of halogens is 1. The van der Waals surface area contributed by atoms with Gasteiger partial charge < -0.3 is 9.47 Å². The molecule has 1 atom stereocenters. The second kappa shape index (κ2) is 5.03. The summed E-state index contributed by atoms with van der Waals surface area (Å²) in [5.74, 6) is -1.26. The fourth-order valence-electron chi connectivity index (χ4n) is 1.68. The van der Waals surface area contributed by atoms with E-state index in [4.69, 9.17) is 9.47 Å². The molecule has 18 heavy (non-hydrogen) atoms. The molecule has 1 aliphatic rings. The van der Waals surface area contributed by atoms with Gasteiger partial charge in [0.25, 0.3) is 0 Å². The third kappa shape index (κ3) is 2.27. The van der Waals surface area contributed by atoms with Crippen molar-refractivity contribution in [1.82, 2.24) is 0 Å². The number of alkyl halides is 1. The van der Waals surface area contributed by atoms with Gasteiger partial charge in [0.2, 0.25) is 0 Å². The van der Waals surface area contributed by atoms with Gasteiger partial charge in [-0.3, -0.25) is 14.5 Å². The van der Waals surface area contributed by atoms with Crippen LogP contribution in [-0.2, 0) is 14.3 Å². The zero-order valence-electron chi connectivity index (χ0n) is 9.76. The van der Waals surface area contributed by atoms with Crippen LogP contribution < -0.4 is 9.64 Å². The SMILES string of the molecule is CCOC(=O)CN1C(=O)C(F)Oc2ccccc21. The van der Waals surface area contributed by atoms with Gasteiger partial charge >= 0.3 is 18.2 Å². The summed E-state index contributed by atoms with van der Waals surface area (Å²) in [5, 5.41) is 0. The molecule has 1 aromatic carbocycles. The number of benzene rings is 1. The molecule has 0 N–H and O–H groups in total. The van der Waals surface area contributed by atoms with Crippen LogP contribution in [-0.4, -0.2) is 31.4 Å². The number of nitrogens with zero attached hydrogens (tertiary/aromatic N) is 1. The van der Waals surface area contributed by atoms with Crippen molar-refractivity contribution in [2.75, 3.05) is 18.1 Å². The fourth-order valence-corrected chi connectivity index (χ4v) is 1.68. The number of esters is 1. The van der Waals surface area contributed by atoms with Gasteiger partial charge in [-0.2, -0.15) is 4.39 Å². The molecule has 0 spiro atoms. The van der Waals surface area contributed by atoms with Gasteiger partial charge in [0.1, 0.15) is 12.3 Å². The number of hydrogen-bond donors (Lipinski definition) is 0. The van der Waals surface area contributed by atoms with E-state index >= 15 is 0 Å². The van der Waals surface area contributed by atoms with Crippen molar-refractivity contribution in [3.63, 3.8) is 0 Å². The maximum absolute atomic E-state index is 13.4. The van der Waals surface area contributed by atoms with E-state index in [9.17, 15) is 14.0 Å². The number of rotatable bonds is 3. The molecule has 0 radical (unpaired) electrons. The minimum absolute atomic E-state index is 0.206. The zero-order valence-corrected chi connectivity index (χ0v) is 9.76. The van der Waals surface area contributed by atoms with Crippen molar-refractivity contribution in [2.45, 2.75) is 13.3 Å². The Morgan fingerprint density at radius 1 is 1.50 bits per heavy atom. The molecule has 0 aliphatic carbocycles. The normalized spacial score (nSPS) is 18.0. The number of carbonyl (C=O) groups excluding carboxylic acids is 2. The molecule has 1 aliphatic heterocycles.